The summed E-state index contributed by atoms with van der Waals surface area (Å²) in [6, 6.07) is 5.62. The second kappa shape index (κ2) is 6.93. The van der Waals surface area contributed by atoms with E-state index in [4.69, 9.17) is 0 Å². The minimum absolute atomic E-state index is 0.0488. The van der Waals surface area contributed by atoms with Gasteiger partial charge < -0.3 is 15.0 Å². The number of carbonyl (C=O) groups excluding carboxylic acids is 1. The van der Waals surface area contributed by atoms with Gasteiger partial charge in [0, 0.05) is 19.3 Å². The number of rotatable bonds is 5. The smallest absolute Gasteiger partial charge is 0.270 e. The maximum absolute atomic E-state index is 12.7. The van der Waals surface area contributed by atoms with E-state index < -0.39 is 5.60 Å². The number of piperidine rings is 1. The third-order valence-electron chi connectivity index (χ3n) is 5.51. The quantitative estimate of drug-likeness (QED) is 0.884. The third kappa shape index (κ3) is 3.46. The Kier molecular flexibility index (Phi) is 4.90. The lowest BCUT2D eigenvalue weighted by Crippen LogP contribution is -2.41. The van der Waals surface area contributed by atoms with E-state index in [9.17, 15) is 9.90 Å². The molecule has 2 aromatic rings. The van der Waals surface area contributed by atoms with Crippen LogP contribution in [-0.4, -0.2) is 44.6 Å². The number of hydrogen-bond donors (Lipinski definition) is 2. The molecular formula is C19H27N3O2. The Morgan fingerprint density at radius 2 is 2.08 bits per heavy atom. The lowest BCUT2D eigenvalue weighted by Gasteiger charge is -2.36. The van der Waals surface area contributed by atoms with E-state index in [0.29, 0.717) is 11.6 Å². The molecule has 3 rings (SSSR count). The van der Waals surface area contributed by atoms with E-state index in [-0.39, 0.29) is 5.91 Å². The maximum atomic E-state index is 12.7. The molecule has 5 nitrogen and oxygen atoms in total. The lowest BCUT2D eigenvalue weighted by molar-refractivity contribution is -0.00131. The van der Waals surface area contributed by atoms with Crippen LogP contribution in [0.5, 0.6) is 0 Å². The van der Waals surface area contributed by atoms with Gasteiger partial charge in [-0.05, 0) is 56.2 Å². The summed E-state index contributed by atoms with van der Waals surface area (Å²) in [5.41, 5.74) is 1.79. The van der Waals surface area contributed by atoms with Crippen LogP contribution in [0.4, 0.5) is 0 Å². The molecule has 1 aliphatic rings. The SMILES string of the molecule is CCC(O)(CC)CC1CCN(C(=O)c2cc3ncccc3[nH]2)CC1. The summed E-state index contributed by atoms with van der Waals surface area (Å²) in [7, 11) is 0. The first kappa shape index (κ1) is 17.0. The monoisotopic (exact) mass is 329 g/mol. The van der Waals surface area contributed by atoms with Crippen LogP contribution in [0, 0.1) is 5.92 Å². The summed E-state index contributed by atoms with van der Waals surface area (Å²) in [5.74, 6) is 0.552. The number of H-pyrrole nitrogens is 1. The Hall–Kier alpha value is -1.88. The molecule has 3 heterocycles. The van der Waals surface area contributed by atoms with Gasteiger partial charge in [-0.15, -0.1) is 0 Å². The van der Waals surface area contributed by atoms with Crippen molar-refractivity contribution in [3.8, 4) is 0 Å². The number of hydrogen-bond acceptors (Lipinski definition) is 3. The standard InChI is InChI=1S/C19H27N3O2/c1-3-19(24,4-2)13-14-7-10-22(11-8-14)18(23)17-12-16-15(21-17)6-5-9-20-16/h5-6,9,12,14,21,24H,3-4,7-8,10-11,13H2,1-2H3. The van der Waals surface area contributed by atoms with E-state index in [1.807, 2.05) is 36.9 Å². The number of nitrogens with one attached hydrogen (secondary N) is 1. The molecule has 0 bridgehead atoms. The highest BCUT2D eigenvalue weighted by atomic mass is 16.3. The van der Waals surface area contributed by atoms with Gasteiger partial charge in [0.1, 0.15) is 5.69 Å². The van der Waals surface area contributed by atoms with Crippen LogP contribution in [0.1, 0.15) is 56.4 Å². The van der Waals surface area contributed by atoms with Crippen LogP contribution in [-0.2, 0) is 0 Å². The minimum atomic E-state index is -0.542. The molecule has 2 N–H and O–H groups in total. The van der Waals surface area contributed by atoms with Crippen molar-refractivity contribution in [2.45, 2.75) is 51.6 Å². The molecule has 130 valence electrons. The first-order chi connectivity index (χ1) is 11.5. The fourth-order valence-corrected chi connectivity index (χ4v) is 3.66. The second-order valence-electron chi connectivity index (χ2n) is 6.99. The normalized spacial score (nSPS) is 16.7. The largest absolute Gasteiger partial charge is 0.390 e. The van der Waals surface area contributed by atoms with Crippen molar-refractivity contribution in [2.75, 3.05) is 13.1 Å². The highest BCUT2D eigenvalue weighted by Crippen LogP contribution is 2.31. The molecule has 0 saturated carbocycles. The molecule has 1 fully saturated rings. The van der Waals surface area contributed by atoms with Gasteiger partial charge in [0.15, 0.2) is 0 Å². The Labute approximate surface area is 143 Å². The van der Waals surface area contributed by atoms with Crippen LogP contribution in [0.3, 0.4) is 0 Å². The number of carbonyl (C=O) groups is 1. The minimum Gasteiger partial charge on any atom is -0.390 e. The summed E-state index contributed by atoms with van der Waals surface area (Å²) >= 11 is 0. The Morgan fingerprint density at radius 1 is 1.38 bits per heavy atom. The molecule has 0 spiro atoms. The number of pyridine rings is 1. The second-order valence-corrected chi connectivity index (χ2v) is 6.99. The Balaban J connectivity index is 1.61. The fraction of sp³-hybridized carbons (Fsp3) is 0.579. The lowest BCUT2D eigenvalue weighted by atomic mass is 9.82. The molecule has 1 amide bonds. The highest BCUT2D eigenvalue weighted by Gasteiger charge is 2.31. The van der Waals surface area contributed by atoms with Gasteiger partial charge in [-0.3, -0.25) is 9.78 Å². The Morgan fingerprint density at radius 3 is 2.71 bits per heavy atom. The number of aromatic amines is 1. The van der Waals surface area contributed by atoms with Gasteiger partial charge in [0.05, 0.1) is 16.6 Å². The van der Waals surface area contributed by atoms with E-state index in [1.54, 1.807) is 6.20 Å². The van der Waals surface area contributed by atoms with Crippen molar-refractivity contribution < 1.29 is 9.90 Å². The predicted octanol–water partition coefficient (Wildman–Crippen LogP) is 3.36. The summed E-state index contributed by atoms with van der Waals surface area (Å²) in [6.45, 7) is 5.61. The summed E-state index contributed by atoms with van der Waals surface area (Å²) in [4.78, 5) is 22.0. The maximum Gasteiger partial charge on any atom is 0.270 e. The van der Waals surface area contributed by atoms with Crippen molar-refractivity contribution in [1.82, 2.24) is 14.9 Å². The molecule has 0 unspecified atom stereocenters. The van der Waals surface area contributed by atoms with Crippen LogP contribution >= 0.6 is 0 Å². The fourth-order valence-electron chi connectivity index (χ4n) is 3.66. The van der Waals surface area contributed by atoms with Crippen LogP contribution in [0.25, 0.3) is 11.0 Å². The van der Waals surface area contributed by atoms with Gasteiger partial charge >= 0.3 is 0 Å². The van der Waals surface area contributed by atoms with Crippen LogP contribution < -0.4 is 0 Å². The number of nitrogens with zero attached hydrogens (tertiary/aromatic N) is 2. The molecule has 0 aromatic carbocycles. The van der Waals surface area contributed by atoms with Crippen molar-refractivity contribution in [3.05, 3.63) is 30.1 Å². The zero-order valence-electron chi connectivity index (χ0n) is 14.6. The molecule has 2 aromatic heterocycles. The average Bonchev–Trinajstić information content (AvgIpc) is 3.06. The molecule has 0 aliphatic carbocycles. The van der Waals surface area contributed by atoms with Gasteiger partial charge in [0.2, 0.25) is 0 Å². The van der Waals surface area contributed by atoms with Crippen molar-refractivity contribution in [1.29, 1.82) is 0 Å². The van der Waals surface area contributed by atoms with Gasteiger partial charge in [0.25, 0.3) is 5.91 Å². The molecule has 5 heteroatoms. The molecule has 0 atom stereocenters. The zero-order valence-corrected chi connectivity index (χ0v) is 14.6. The van der Waals surface area contributed by atoms with E-state index >= 15 is 0 Å². The highest BCUT2D eigenvalue weighted by molar-refractivity contribution is 5.97. The van der Waals surface area contributed by atoms with Crippen LogP contribution in [0.15, 0.2) is 24.4 Å². The average molecular weight is 329 g/mol. The number of likely N-dealkylation sites (tertiary alicyclic amines) is 1. The van der Waals surface area contributed by atoms with Gasteiger partial charge in [-0.2, -0.15) is 0 Å². The number of aromatic nitrogens is 2. The first-order valence-electron chi connectivity index (χ1n) is 9.00. The number of aliphatic hydroxyl groups is 1. The number of amides is 1. The van der Waals surface area contributed by atoms with Crippen molar-refractivity contribution >= 4 is 16.9 Å². The zero-order chi connectivity index (χ0) is 17.2. The number of fused-ring (bicyclic) bond motifs is 1. The molecule has 1 saturated heterocycles. The van der Waals surface area contributed by atoms with Gasteiger partial charge in [-0.1, -0.05) is 13.8 Å². The summed E-state index contributed by atoms with van der Waals surface area (Å²) in [5, 5.41) is 10.5. The van der Waals surface area contributed by atoms with E-state index in [1.165, 1.54) is 0 Å². The topological polar surface area (TPSA) is 69.2 Å². The van der Waals surface area contributed by atoms with Gasteiger partial charge in [-0.25, -0.2) is 0 Å². The molecule has 0 radical (unpaired) electrons. The van der Waals surface area contributed by atoms with Crippen molar-refractivity contribution in [3.63, 3.8) is 0 Å². The first-order valence-corrected chi connectivity index (χ1v) is 9.00. The van der Waals surface area contributed by atoms with E-state index in [2.05, 4.69) is 9.97 Å². The Bertz CT molecular complexity index is 664. The predicted molar refractivity (Wildman–Crippen MR) is 94.9 cm³/mol. The van der Waals surface area contributed by atoms with Crippen molar-refractivity contribution in [2.24, 2.45) is 5.92 Å². The third-order valence-corrected chi connectivity index (χ3v) is 5.51. The summed E-state index contributed by atoms with van der Waals surface area (Å²) < 4.78 is 0. The molecular weight excluding hydrogens is 302 g/mol. The van der Waals surface area contributed by atoms with E-state index in [0.717, 1.165) is 56.2 Å². The summed E-state index contributed by atoms with van der Waals surface area (Å²) in [6.07, 6.45) is 6.10. The van der Waals surface area contributed by atoms with Crippen LogP contribution in [0.2, 0.25) is 0 Å². The molecule has 24 heavy (non-hydrogen) atoms. The molecule has 1 aliphatic heterocycles.